The third-order valence-corrected chi connectivity index (χ3v) is 4.65. The molecule has 2 rings (SSSR count). The van der Waals surface area contributed by atoms with Gasteiger partial charge in [0.25, 0.3) is 5.69 Å². The number of carbonyl (C=O) groups is 1. The maximum Gasteiger partial charge on any atom is 0.269 e. The molecule has 0 aliphatic carbocycles. The van der Waals surface area contributed by atoms with Crippen molar-refractivity contribution in [1.29, 1.82) is 0 Å². The molecule has 0 fully saturated rings. The van der Waals surface area contributed by atoms with Crippen molar-refractivity contribution >= 4 is 40.6 Å². The quantitative estimate of drug-likeness (QED) is 0.394. The van der Waals surface area contributed by atoms with E-state index in [9.17, 15) is 14.9 Å². The Morgan fingerprint density at radius 3 is 2.52 bits per heavy atom. The molecule has 0 aliphatic heterocycles. The number of thioether (sulfide) groups is 1. The van der Waals surface area contributed by atoms with Gasteiger partial charge in [0, 0.05) is 41.7 Å². The Balaban J connectivity index is 1.60. The predicted molar refractivity (Wildman–Crippen MR) is 102 cm³/mol. The van der Waals surface area contributed by atoms with Crippen molar-refractivity contribution in [1.82, 2.24) is 5.32 Å². The summed E-state index contributed by atoms with van der Waals surface area (Å²) >= 11 is 7.57. The van der Waals surface area contributed by atoms with Crippen molar-refractivity contribution in [2.75, 3.05) is 24.2 Å². The number of nitrogens with one attached hydrogen (secondary N) is 2. The van der Waals surface area contributed by atoms with Crippen molar-refractivity contribution < 1.29 is 9.72 Å². The van der Waals surface area contributed by atoms with E-state index in [1.807, 2.05) is 24.3 Å². The lowest BCUT2D eigenvalue weighted by Gasteiger charge is -2.08. The number of anilines is 1. The van der Waals surface area contributed by atoms with Gasteiger partial charge < -0.3 is 10.6 Å². The van der Waals surface area contributed by atoms with Crippen LogP contribution in [0.2, 0.25) is 5.02 Å². The molecule has 0 saturated carbocycles. The average molecular weight is 380 g/mol. The number of hydrogen-bond donors (Lipinski definition) is 2. The molecule has 6 nitrogen and oxygen atoms in total. The highest BCUT2D eigenvalue weighted by atomic mass is 35.5. The fourth-order valence-electron chi connectivity index (χ4n) is 2.03. The predicted octanol–water partition coefficient (Wildman–Crippen LogP) is 3.71. The standard InChI is InChI=1S/C17H18ClN3O3S/c18-16-4-2-1-3-13(16)11-25-12-17(22)20-10-9-19-14-5-7-15(8-6-14)21(23)24/h1-8,19H,9-12H2,(H,20,22). The zero-order valence-electron chi connectivity index (χ0n) is 13.4. The summed E-state index contributed by atoms with van der Waals surface area (Å²) in [7, 11) is 0. The maximum absolute atomic E-state index is 11.8. The summed E-state index contributed by atoms with van der Waals surface area (Å²) in [6.07, 6.45) is 0. The number of halogens is 1. The van der Waals surface area contributed by atoms with Gasteiger partial charge in [0.2, 0.25) is 5.91 Å². The van der Waals surface area contributed by atoms with Gasteiger partial charge in [0.15, 0.2) is 0 Å². The molecule has 132 valence electrons. The van der Waals surface area contributed by atoms with Gasteiger partial charge in [-0.2, -0.15) is 0 Å². The number of carbonyl (C=O) groups excluding carboxylic acids is 1. The molecule has 8 heteroatoms. The van der Waals surface area contributed by atoms with Crippen LogP contribution in [0.5, 0.6) is 0 Å². The van der Waals surface area contributed by atoms with E-state index >= 15 is 0 Å². The number of hydrogen-bond acceptors (Lipinski definition) is 5. The normalized spacial score (nSPS) is 10.3. The molecule has 0 radical (unpaired) electrons. The molecule has 0 atom stereocenters. The van der Waals surface area contributed by atoms with Gasteiger partial charge in [-0.1, -0.05) is 29.8 Å². The minimum atomic E-state index is -0.440. The third-order valence-electron chi connectivity index (χ3n) is 3.30. The molecule has 2 aromatic carbocycles. The Labute approximate surface area is 155 Å². The minimum absolute atomic E-state index is 0.0393. The van der Waals surface area contributed by atoms with Crippen LogP contribution in [-0.2, 0) is 10.5 Å². The molecule has 0 spiro atoms. The molecule has 0 aliphatic rings. The lowest BCUT2D eigenvalue weighted by molar-refractivity contribution is -0.384. The van der Waals surface area contributed by atoms with Crippen molar-refractivity contribution in [3.63, 3.8) is 0 Å². The highest BCUT2D eigenvalue weighted by molar-refractivity contribution is 7.99. The van der Waals surface area contributed by atoms with Gasteiger partial charge >= 0.3 is 0 Å². The highest BCUT2D eigenvalue weighted by Crippen LogP contribution is 2.20. The average Bonchev–Trinajstić information content (AvgIpc) is 2.61. The number of nitrogens with zero attached hydrogens (tertiary/aromatic N) is 1. The number of amides is 1. The van der Waals surface area contributed by atoms with E-state index in [0.29, 0.717) is 29.6 Å². The molecule has 25 heavy (non-hydrogen) atoms. The fourth-order valence-corrected chi connectivity index (χ4v) is 3.17. The molecular weight excluding hydrogens is 362 g/mol. The van der Waals surface area contributed by atoms with Crippen molar-refractivity contribution in [2.45, 2.75) is 5.75 Å². The zero-order chi connectivity index (χ0) is 18.1. The van der Waals surface area contributed by atoms with Crippen molar-refractivity contribution in [3.8, 4) is 0 Å². The smallest absolute Gasteiger partial charge is 0.269 e. The van der Waals surface area contributed by atoms with Crippen molar-refractivity contribution in [3.05, 3.63) is 69.2 Å². The summed E-state index contributed by atoms with van der Waals surface area (Å²) in [5, 5.41) is 17.2. The SMILES string of the molecule is O=C(CSCc1ccccc1Cl)NCCNc1ccc([N+](=O)[O-])cc1. The van der Waals surface area contributed by atoms with Gasteiger partial charge in [-0.25, -0.2) is 0 Å². The van der Waals surface area contributed by atoms with E-state index in [1.165, 1.54) is 23.9 Å². The van der Waals surface area contributed by atoms with E-state index in [4.69, 9.17) is 11.6 Å². The van der Waals surface area contributed by atoms with E-state index in [1.54, 1.807) is 12.1 Å². The van der Waals surface area contributed by atoms with E-state index in [2.05, 4.69) is 10.6 Å². The topological polar surface area (TPSA) is 84.3 Å². The first-order valence-electron chi connectivity index (χ1n) is 7.62. The summed E-state index contributed by atoms with van der Waals surface area (Å²) in [6.45, 7) is 1.02. The molecular formula is C17H18ClN3O3S. The Morgan fingerprint density at radius 1 is 1.12 bits per heavy atom. The summed E-state index contributed by atoms with van der Waals surface area (Å²) in [4.78, 5) is 21.9. The Hall–Kier alpha value is -2.25. The minimum Gasteiger partial charge on any atom is -0.383 e. The zero-order valence-corrected chi connectivity index (χ0v) is 15.0. The molecule has 0 bridgehead atoms. The van der Waals surface area contributed by atoms with Crippen LogP contribution in [-0.4, -0.2) is 29.7 Å². The lowest BCUT2D eigenvalue weighted by Crippen LogP contribution is -2.30. The molecule has 0 aromatic heterocycles. The van der Waals surface area contributed by atoms with Crippen LogP contribution in [0.3, 0.4) is 0 Å². The van der Waals surface area contributed by atoms with E-state index in [0.717, 1.165) is 11.3 Å². The number of nitro benzene ring substituents is 1. The molecule has 1 amide bonds. The monoisotopic (exact) mass is 379 g/mol. The summed E-state index contributed by atoms with van der Waals surface area (Å²) in [6, 6.07) is 13.7. The first-order valence-corrected chi connectivity index (χ1v) is 9.15. The Morgan fingerprint density at radius 2 is 1.84 bits per heavy atom. The number of non-ortho nitro benzene ring substituents is 1. The van der Waals surface area contributed by atoms with E-state index in [-0.39, 0.29) is 11.6 Å². The summed E-state index contributed by atoms with van der Waals surface area (Å²) in [5.74, 6) is 1.01. The fraction of sp³-hybridized carbons (Fsp3) is 0.235. The van der Waals surface area contributed by atoms with Crippen LogP contribution in [0.1, 0.15) is 5.56 Å². The summed E-state index contributed by atoms with van der Waals surface area (Å²) in [5.41, 5.74) is 1.84. The van der Waals surface area contributed by atoms with Gasteiger partial charge in [0.05, 0.1) is 10.7 Å². The van der Waals surface area contributed by atoms with Crippen LogP contribution in [0.4, 0.5) is 11.4 Å². The van der Waals surface area contributed by atoms with E-state index < -0.39 is 4.92 Å². The van der Waals surface area contributed by atoms with Gasteiger partial charge in [-0.05, 0) is 23.8 Å². The molecule has 2 N–H and O–H groups in total. The van der Waals surface area contributed by atoms with Crippen LogP contribution >= 0.6 is 23.4 Å². The first kappa shape index (κ1) is 19.1. The van der Waals surface area contributed by atoms with Crippen LogP contribution < -0.4 is 10.6 Å². The second-order valence-corrected chi connectivity index (χ2v) is 6.56. The Kier molecular flexibility index (Phi) is 7.56. The van der Waals surface area contributed by atoms with Gasteiger partial charge in [-0.15, -0.1) is 11.8 Å². The molecule has 2 aromatic rings. The second kappa shape index (κ2) is 9.90. The molecule has 0 heterocycles. The lowest BCUT2D eigenvalue weighted by atomic mass is 10.2. The largest absolute Gasteiger partial charge is 0.383 e. The summed E-state index contributed by atoms with van der Waals surface area (Å²) < 4.78 is 0. The highest BCUT2D eigenvalue weighted by Gasteiger charge is 2.05. The second-order valence-electron chi connectivity index (χ2n) is 5.16. The third kappa shape index (κ3) is 6.64. The number of benzene rings is 2. The van der Waals surface area contributed by atoms with Gasteiger partial charge in [-0.3, -0.25) is 14.9 Å². The van der Waals surface area contributed by atoms with Crippen molar-refractivity contribution in [2.24, 2.45) is 0 Å². The maximum atomic E-state index is 11.8. The van der Waals surface area contributed by atoms with Gasteiger partial charge in [0.1, 0.15) is 0 Å². The number of nitro groups is 1. The first-order chi connectivity index (χ1) is 12.1. The number of rotatable bonds is 9. The van der Waals surface area contributed by atoms with Crippen LogP contribution in [0.15, 0.2) is 48.5 Å². The Bertz CT molecular complexity index is 725. The molecule has 0 unspecified atom stereocenters. The van der Waals surface area contributed by atoms with Crippen LogP contribution in [0, 0.1) is 10.1 Å². The molecule has 0 saturated heterocycles. The van der Waals surface area contributed by atoms with Crippen LogP contribution in [0.25, 0.3) is 0 Å².